The van der Waals surface area contributed by atoms with Crippen LogP contribution in [0.5, 0.6) is 5.75 Å². The third-order valence-electron chi connectivity index (χ3n) is 3.07. The first kappa shape index (κ1) is 15.4. The third-order valence-corrected chi connectivity index (χ3v) is 3.70. The summed E-state index contributed by atoms with van der Waals surface area (Å²) in [6.45, 7) is 10.3. The number of benzene rings is 1. The zero-order valence-electron chi connectivity index (χ0n) is 13.3. The molecule has 2 aromatic rings. The maximum atomic E-state index is 5.97. The van der Waals surface area contributed by atoms with Gasteiger partial charge in [-0.3, -0.25) is 4.98 Å². The van der Waals surface area contributed by atoms with Crippen LogP contribution in [-0.4, -0.2) is 19.7 Å². The highest BCUT2D eigenvalue weighted by Crippen LogP contribution is 2.30. The Balaban J connectivity index is 2.42. The molecular weight excluding hydrogens is 276 g/mol. The molecule has 1 aromatic heterocycles. The quantitative estimate of drug-likeness (QED) is 0.616. The number of aliphatic imine (C=N–C) groups is 1. The van der Waals surface area contributed by atoms with Crippen LogP contribution in [0.25, 0.3) is 0 Å². The summed E-state index contributed by atoms with van der Waals surface area (Å²) in [5.41, 5.74) is 5.02. The maximum absolute atomic E-state index is 5.97. The minimum atomic E-state index is -0.818. The molecule has 0 aliphatic rings. The first-order valence-corrected chi connectivity index (χ1v) is 9.44. The summed E-state index contributed by atoms with van der Waals surface area (Å²) in [6, 6.07) is 10.1. The minimum Gasteiger partial charge on any atom is -0.541 e. The number of rotatable bonds is 4. The summed E-state index contributed by atoms with van der Waals surface area (Å²) >= 11 is 0. The van der Waals surface area contributed by atoms with Crippen molar-refractivity contribution < 1.29 is 4.43 Å². The predicted molar refractivity (Wildman–Crippen MR) is 90.1 cm³/mol. The fraction of sp³-hybridized carbons (Fsp3) is 0.294. The molecule has 0 unspecified atom stereocenters. The van der Waals surface area contributed by atoms with Crippen LogP contribution in [0, 0.1) is 13.8 Å². The second kappa shape index (κ2) is 6.67. The van der Waals surface area contributed by atoms with E-state index in [9.17, 15) is 0 Å². The number of hydrogen-bond acceptors (Lipinski definition) is 3. The maximum Gasteiger partial charge on any atom is 0.274 e. The standard InChI is InChI=1S/C17H21N2OSi/c1-12-8-9-15(16(11-12)20-21(4)5)19-14(3)17-13(2)7-6-10-18-17/h6-11H,1-5H3. The normalized spacial score (nSPS) is 11.8. The van der Waals surface area contributed by atoms with Crippen molar-refractivity contribution in [2.75, 3.05) is 0 Å². The zero-order valence-corrected chi connectivity index (χ0v) is 14.3. The Kier molecular flexibility index (Phi) is 4.91. The molecule has 0 aliphatic carbocycles. The van der Waals surface area contributed by atoms with Gasteiger partial charge in [0, 0.05) is 6.20 Å². The van der Waals surface area contributed by atoms with Gasteiger partial charge in [-0.05, 0) is 63.2 Å². The fourth-order valence-corrected chi connectivity index (χ4v) is 2.72. The van der Waals surface area contributed by atoms with E-state index in [4.69, 9.17) is 9.42 Å². The Hall–Kier alpha value is -1.94. The lowest BCUT2D eigenvalue weighted by Crippen LogP contribution is -2.11. The molecule has 0 amide bonds. The first-order valence-electron chi connectivity index (χ1n) is 7.03. The molecule has 0 aliphatic heterocycles. The van der Waals surface area contributed by atoms with Gasteiger partial charge in [-0.2, -0.15) is 0 Å². The smallest absolute Gasteiger partial charge is 0.274 e. The molecule has 109 valence electrons. The van der Waals surface area contributed by atoms with Crippen molar-refractivity contribution in [3.8, 4) is 5.75 Å². The Morgan fingerprint density at radius 3 is 2.62 bits per heavy atom. The Bertz CT molecular complexity index is 666. The molecule has 0 atom stereocenters. The summed E-state index contributed by atoms with van der Waals surface area (Å²) in [7, 11) is -0.818. The van der Waals surface area contributed by atoms with E-state index in [-0.39, 0.29) is 0 Å². The van der Waals surface area contributed by atoms with E-state index in [1.165, 1.54) is 5.56 Å². The van der Waals surface area contributed by atoms with Crippen LogP contribution in [0.3, 0.4) is 0 Å². The molecule has 1 heterocycles. The lowest BCUT2D eigenvalue weighted by atomic mass is 10.1. The highest BCUT2D eigenvalue weighted by molar-refractivity contribution is 6.49. The molecule has 1 radical (unpaired) electrons. The van der Waals surface area contributed by atoms with Gasteiger partial charge in [-0.25, -0.2) is 4.99 Å². The Labute approximate surface area is 128 Å². The summed E-state index contributed by atoms with van der Waals surface area (Å²) in [5, 5.41) is 0. The van der Waals surface area contributed by atoms with E-state index in [0.29, 0.717) is 0 Å². The van der Waals surface area contributed by atoms with Gasteiger partial charge < -0.3 is 4.43 Å². The van der Waals surface area contributed by atoms with Crippen LogP contribution in [0.15, 0.2) is 41.5 Å². The van der Waals surface area contributed by atoms with Gasteiger partial charge >= 0.3 is 0 Å². The predicted octanol–water partition coefficient (Wildman–Crippen LogP) is 4.47. The number of aromatic nitrogens is 1. The molecule has 0 N–H and O–H groups in total. The van der Waals surface area contributed by atoms with Gasteiger partial charge in [0.2, 0.25) is 0 Å². The van der Waals surface area contributed by atoms with Crippen molar-refractivity contribution in [1.29, 1.82) is 0 Å². The summed E-state index contributed by atoms with van der Waals surface area (Å²) in [6.07, 6.45) is 1.80. The van der Waals surface area contributed by atoms with Gasteiger partial charge in [0.1, 0.15) is 11.4 Å². The number of aryl methyl sites for hydroxylation is 2. The van der Waals surface area contributed by atoms with Crippen molar-refractivity contribution in [3.63, 3.8) is 0 Å². The number of nitrogens with zero attached hydrogens (tertiary/aromatic N) is 2. The van der Waals surface area contributed by atoms with Crippen molar-refractivity contribution in [1.82, 2.24) is 4.98 Å². The average molecular weight is 297 g/mol. The highest BCUT2D eigenvalue weighted by atomic mass is 28.3. The molecule has 4 heteroatoms. The topological polar surface area (TPSA) is 34.5 Å². The molecule has 0 bridgehead atoms. The third kappa shape index (κ3) is 4.01. The second-order valence-corrected chi connectivity index (χ2v) is 7.37. The Morgan fingerprint density at radius 2 is 1.95 bits per heavy atom. The number of pyridine rings is 1. The van der Waals surface area contributed by atoms with E-state index in [2.05, 4.69) is 37.1 Å². The lowest BCUT2D eigenvalue weighted by molar-refractivity contribution is 0.581. The van der Waals surface area contributed by atoms with E-state index in [1.807, 2.05) is 32.0 Å². The summed E-state index contributed by atoms with van der Waals surface area (Å²) in [5.74, 6) is 0.863. The molecule has 2 rings (SSSR count). The van der Waals surface area contributed by atoms with Gasteiger partial charge in [0.25, 0.3) is 9.04 Å². The van der Waals surface area contributed by atoms with Crippen LogP contribution in [0.1, 0.15) is 23.7 Å². The van der Waals surface area contributed by atoms with E-state index < -0.39 is 9.04 Å². The van der Waals surface area contributed by atoms with Gasteiger partial charge in [-0.1, -0.05) is 12.1 Å². The minimum absolute atomic E-state index is 0.818. The lowest BCUT2D eigenvalue weighted by Gasteiger charge is -2.13. The van der Waals surface area contributed by atoms with Crippen molar-refractivity contribution in [2.45, 2.75) is 33.9 Å². The largest absolute Gasteiger partial charge is 0.541 e. The van der Waals surface area contributed by atoms with E-state index in [0.717, 1.165) is 28.4 Å². The monoisotopic (exact) mass is 297 g/mol. The Morgan fingerprint density at radius 1 is 1.19 bits per heavy atom. The van der Waals surface area contributed by atoms with E-state index >= 15 is 0 Å². The number of hydrogen-bond donors (Lipinski definition) is 0. The first-order chi connectivity index (χ1) is 9.97. The molecule has 0 fully saturated rings. The van der Waals surface area contributed by atoms with Crippen molar-refractivity contribution in [2.24, 2.45) is 4.99 Å². The second-order valence-electron chi connectivity index (χ2n) is 5.35. The molecule has 1 aromatic carbocycles. The van der Waals surface area contributed by atoms with Gasteiger partial charge in [0.05, 0.1) is 11.4 Å². The molecule has 0 saturated heterocycles. The van der Waals surface area contributed by atoms with E-state index in [1.54, 1.807) is 6.20 Å². The van der Waals surface area contributed by atoms with Crippen LogP contribution in [0.4, 0.5) is 5.69 Å². The molecule has 0 spiro atoms. The van der Waals surface area contributed by atoms with Gasteiger partial charge in [-0.15, -0.1) is 0 Å². The molecule has 3 nitrogen and oxygen atoms in total. The zero-order chi connectivity index (χ0) is 15.4. The van der Waals surface area contributed by atoms with Crippen LogP contribution < -0.4 is 4.43 Å². The molecular formula is C17H21N2OSi. The van der Waals surface area contributed by atoms with Crippen LogP contribution >= 0.6 is 0 Å². The van der Waals surface area contributed by atoms with Crippen molar-refractivity contribution in [3.05, 3.63) is 53.3 Å². The van der Waals surface area contributed by atoms with Gasteiger partial charge in [0.15, 0.2) is 0 Å². The fourth-order valence-electron chi connectivity index (χ4n) is 2.11. The SMILES string of the molecule is CC(=Nc1ccc(C)cc1O[Si](C)C)c1ncccc1C. The summed E-state index contributed by atoms with van der Waals surface area (Å²) in [4.78, 5) is 9.15. The molecule has 21 heavy (non-hydrogen) atoms. The highest BCUT2D eigenvalue weighted by Gasteiger charge is 2.09. The molecule has 0 saturated carbocycles. The average Bonchev–Trinajstić information content (AvgIpc) is 2.41. The summed E-state index contributed by atoms with van der Waals surface area (Å²) < 4.78 is 5.97. The van der Waals surface area contributed by atoms with Crippen LogP contribution in [-0.2, 0) is 0 Å². The van der Waals surface area contributed by atoms with Crippen molar-refractivity contribution >= 4 is 20.4 Å². The van der Waals surface area contributed by atoms with Crippen LogP contribution in [0.2, 0.25) is 13.1 Å².